The molecule has 0 nitrogen and oxygen atoms in total. The summed E-state index contributed by atoms with van der Waals surface area (Å²) in [5.41, 5.74) is 0. The molecule has 0 aliphatic heterocycles. The van der Waals surface area contributed by atoms with Crippen LogP contribution in [0.3, 0.4) is 0 Å². The van der Waals surface area contributed by atoms with E-state index in [1.165, 1.54) is 6.08 Å². The van der Waals surface area contributed by atoms with E-state index < -0.39 is 6.08 Å². The second kappa shape index (κ2) is 3.53. The standard InChI is InChI=1S/C5H6F2/c1-2-3-4-5(6)7/h2-4H,1H3. The number of halogens is 2. The molecule has 0 aromatic rings. The van der Waals surface area contributed by atoms with Gasteiger partial charge in [-0.2, -0.15) is 8.78 Å². The van der Waals surface area contributed by atoms with E-state index in [4.69, 9.17) is 0 Å². The van der Waals surface area contributed by atoms with Crippen LogP contribution < -0.4 is 0 Å². The molecule has 0 aliphatic carbocycles. The van der Waals surface area contributed by atoms with Crippen LogP contribution in [0.2, 0.25) is 0 Å². The Balaban J connectivity index is 3.46. The third-order valence-electron chi connectivity index (χ3n) is 0.415. The maximum absolute atomic E-state index is 11.0. The monoisotopic (exact) mass is 104 g/mol. The molecule has 2 heteroatoms. The molecule has 0 amide bonds. The highest BCUT2D eigenvalue weighted by molar-refractivity contribution is 5.00. The minimum atomic E-state index is -1.65. The Morgan fingerprint density at radius 1 is 1.43 bits per heavy atom. The van der Waals surface area contributed by atoms with Crippen molar-refractivity contribution in [1.29, 1.82) is 0 Å². The molecular formula is C5H6F2. The van der Waals surface area contributed by atoms with Crippen molar-refractivity contribution in [1.82, 2.24) is 0 Å². The first-order valence-electron chi connectivity index (χ1n) is 1.91. The molecule has 40 valence electrons. The van der Waals surface area contributed by atoms with Crippen molar-refractivity contribution in [3.05, 3.63) is 24.3 Å². The van der Waals surface area contributed by atoms with Gasteiger partial charge in [0.2, 0.25) is 0 Å². The summed E-state index contributed by atoms with van der Waals surface area (Å²) in [6.07, 6.45) is 1.92. The Kier molecular flexibility index (Phi) is 3.19. The Morgan fingerprint density at radius 3 is 2.14 bits per heavy atom. The van der Waals surface area contributed by atoms with E-state index in [9.17, 15) is 8.78 Å². The Morgan fingerprint density at radius 2 is 2.00 bits per heavy atom. The smallest absolute Gasteiger partial charge is 0.173 e. The third-order valence-corrected chi connectivity index (χ3v) is 0.415. The molecule has 0 atom stereocenters. The topological polar surface area (TPSA) is 0 Å². The van der Waals surface area contributed by atoms with Gasteiger partial charge in [0.25, 0.3) is 6.08 Å². The molecule has 0 unspecified atom stereocenters. The fourth-order valence-electron chi connectivity index (χ4n) is 0.169. The Hall–Kier alpha value is -0.660. The van der Waals surface area contributed by atoms with Crippen LogP contribution in [0.1, 0.15) is 6.92 Å². The molecule has 0 aromatic heterocycles. The molecule has 0 radical (unpaired) electrons. The van der Waals surface area contributed by atoms with E-state index in [1.807, 2.05) is 0 Å². The van der Waals surface area contributed by atoms with Crippen LogP contribution in [0.25, 0.3) is 0 Å². The Labute approximate surface area is 41.2 Å². The molecule has 0 aromatic carbocycles. The summed E-state index contributed by atoms with van der Waals surface area (Å²) in [5.74, 6) is 0. The second-order valence-electron chi connectivity index (χ2n) is 0.982. The fraction of sp³-hybridized carbons (Fsp3) is 0.200. The lowest BCUT2D eigenvalue weighted by molar-refractivity contribution is 0.422. The number of hydrogen-bond acceptors (Lipinski definition) is 0. The zero-order chi connectivity index (χ0) is 5.70. The molecule has 0 aliphatic rings. The van der Waals surface area contributed by atoms with Gasteiger partial charge in [0.05, 0.1) is 0 Å². The van der Waals surface area contributed by atoms with Crippen molar-refractivity contribution < 1.29 is 8.78 Å². The minimum absolute atomic E-state index is 0.750. The molecule has 0 spiro atoms. The summed E-state index contributed by atoms with van der Waals surface area (Å²) in [6, 6.07) is 0. The fourth-order valence-corrected chi connectivity index (χ4v) is 0.169. The third kappa shape index (κ3) is 5.34. The summed E-state index contributed by atoms with van der Waals surface area (Å²) in [6.45, 7) is 1.68. The zero-order valence-electron chi connectivity index (χ0n) is 3.99. The summed E-state index contributed by atoms with van der Waals surface area (Å²) < 4.78 is 22.1. The minimum Gasteiger partial charge on any atom is -0.173 e. The number of hydrogen-bond donors (Lipinski definition) is 0. The van der Waals surface area contributed by atoms with Crippen molar-refractivity contribution >= 4 is 0 Å². The average molecular weight is 104 g/mol. The van der Waals surface area contributed by atoms with Gasteiger partial charge in [-0.15, -0.1) is 0 Å². The van der Waals surface area contributed by atoms with Gasteiger partial charge in [-0.3, -0.25) is 0 Å². The summed E-state index contributed by atoms with van der Waals surface area (Å²) in [5, 5.41) is 0. The molecule has 0 rings (SSSR count). The van der Waals surface area contributed by atoms with Gasteiger partial charge >= 0.3 is 0 Å². The van der Waals surface area contributed by atoms with Crippen molar-refractivity contribution in [2.24, 2.45) is 0 Å². The van der Waals surface area contributed by atoms with E-state index >= 15 is 0 Å². The van der Waals surface area contributed by atoms with Gasteiger partial charge in [-0.1, -0.05) is 12.2 Å². The van der Waals surface area contributed by atoms with E-state index in [0.29, 0.717) is 0 Å². The summed E-state index contributed by atoms with van der Waals surface area (Å²) >= 11 is 0. The van der Waals surface area contributed by atoms with Gasteiger partial charge in [0.15, 0.2) is 0 Å². The van der Waals surface area contributed by atoms with Gasteiger partial charge in [-0.25, -0.2) is 0 Å². The molecule has 7 heavy (non-hydrogen) atoms. The van der Waals surface area contributed by atoms with Crippen LogP contribution in [0.15, 0.2) is 24.3 Å². The molecule has 0 bridgehead atoms. The predicted octanol–water partition coefficient (Wildman–Crippen LogP) is 2.34. The summed E-state index contributed by atoms with van der Waals surface area (Å²) in [7, 11) is 0. The van der Waals surface area contributed by atoms with E-state index in [0.717, 1.165) is 6.08 Å². The number of allylic oxidation sites excluding steroid dienone is 3. The maximum atomic E-state index is 11.0. The zero-order valence-corrected chi connectivity index (χ0v) is 3.99. The molecule has 0 saturated carbocycles. The quantitative estimate of drug-likeness (QED) is 0.448. The van der Waals surface area contributed by atoms with Gasteiger partial charge in [-0.05, 0) is 6.92 Å². The van der Waals surface area contributed by atoms with Crippen LogP contribution in [0, 0.1) is 0 Å². The van der Waals surface area contributed by atoms with Gasteiger partial charge < -0.3 is 0 Å². The SMILES string of the molecule is CC=CC=C(F)F. The predicted molar refractivity (Wildman–Crippen MR) is 25.1 cm³/mol. The van der Waals surface area contributed by atoms with Crippen LogP contribution in [-0.4, -0.2) is 0 Å². The molecule has 0 N–H and O–H groups in total. The van der Waals surface area contributed by atoms with Gasteiger partial charge in [0, 0.05) is 6.08 Å². The van der Waals surface area contributed by atoms with Crippen LogP contribution >= 0.6 is 0 Å². The lowest BCUT2D eigenvalue weighted by Crippen LogP contribution is -1.50. The Bertz CT molecular complexity index is 88.3. The first-order chi connectivity index (χ1) is 3.27. The van der Waals surface area contributed by atoms with E-state index in [-0.39, 0.29) is 0 Å². The van der Waals surface area contributed by atoms with Crippen molar-refractivity contribution in [2.45, 2.75) is 6.92 Å². The maximum Gasteiger partial charge on any atom is 0.270 e. The first kappa shape index (κ1) is 6.34. The second-order valence-corrected chi connectivity index (χ2v) is 0.982. The van der Waals surface area contributed by atoms with Crippen molar-refractivity contribution in [2.75, 3.05) is 0 Å². The lowest BCUT2D eigenvalue weighted by atomic mass is 10.5. The summed E-state index contributed by atoms with van der Waals surface area (Å²) in [4.78, 5) is 0. The van der Waals surface area contributed by atoms with Crippen molar-refractivity contribution in [3.8, 4) is 0 Å². The van der Waals surface area contributed by atoms with E-state index in [1.54, 1.807) is 13.0 Å². The van der Waals surface area contributed by atoms with Crippen molar-refractivity contribution in [3.63, 3.8) is 0 Å². The van der Waals surface area contributed by atoms with Crippen LogP contribution in [0.5, 0.6) is 0 Å². The van der Waals surface area contributed by atoms with Crippen LogP contribution in [0.4, 0.5) is 8.78 Å². The molecule has 0 fully saturated rings. The highest BCUT2D eigenvalue weighted by Crippen LogP contribution is 1.94. The molecular weight excluding hydrogens is 98.1 g/mol. The largest absolute Gasteiger partial charge is 0.270 e. The molecule has 0 saturated heterocycles. The van der Waals surface area contributed by atoms with E-state index in [2.05, 4.69) is 0 Å². The highest BCUT2D eigenvalue weighted by atomic mass is 19.3. The normalized spacial score (nSPS) is 9.57. The van der Waals surface area contributed by atoms with Crippen LogP contribution in [-0.2, 0) is 0 Å². The first-order valence-corrected chi connectivity index (χ1v) is 1.91. The van der Waals surface area contributed by atoms with Gasteiger partial charge in [0.1, 0.15) is 0 Å². The average Bonchev–Trinajstić information content (AvgIpc) is 1.61. The highest BCUT2D eigenvalue weighted by Gasteiger charge is 1.77. The molecule has 0 heterocycles. The lowest BCUT2D eigenvalue weighted by Gasteiger charge is -1.68. The number of rotatable bonds is 1.